The van der Waals surface area contributed by atoms with E-state index in [2.05, 4.69) is 15.3 Å². The molecule has 0 saturated heterocycles. The molecule has 0 bridgehead atoms. The van der Waals surface area contributed by atoms with Crippen molar-refractivity contribution in [2.24, 2.45) is 5.73 Å². The molecular weight excluding hydrogens is 264 g/mol. The number of nitrogens with one attached hydrogen (secondary N) is 1. The summed E-state index contributed by atoms with van der Waals surface area (Å²) in [7, 11) is 0. The predicted molar refractivity (Wildman–Crippen MR) is 68.8 cm³/mol. The molecule has 0 aliphatic heterocycles. The molecule has 1 rings (SSSR count). The van der Waals surface area contributed by atoms with Crippen LogP contribution in [0.5, 0.6) is 5.88 Å². The van der Waals surface area contributed by atoms with Crippen LogP contribution in [0.2, 0.25) is 0 Å². The van der Waals surface area contributed by atoms with Gasteiger partial charge in [0.2, 0.25) is 11.8 Å². The first-order valence-corrected chi connectivity index (χ1v) is 4.74. The van der Waals surface area contributed by atoms with E-state index in [4.69, 9.17) is 11.5 Å². The molecule has 0 aromatic carbocycles. The third kappa shape index (κ3) is 4.18. The fourth-order valence-electron chi connectivity index (χ4n) is 1.06. The Balaban J connectivity index is 0.00000289. The fraction of sp³-hybridized carbons (Fsp3) is 0.500. The number of aromatic hydroxyl groups is 1. The maximum absolute atomic E-state index is 10.7. The number of hydrogen-bond donors (Lipinski definition) is 4. The molecule has 0 saturated carbocycles. The Kier molecular flexibility index (Phi) is 5.06. The maximum Gasteiger partial charge on any atom is 0.372 e. The molecule has 6 N–H and O–H groups in total. The lowest BCUT2D eigenvalue weighted by molar-refractivity contribution is -0.385. The van der Waals surface area contributed by atoms with Gasteiger partial charge in [-0.2, -0.15) is 9.97 Å². The molecule has 10 heteroatoms. The zero-order valence-corrected chi connectivity index (χ0v) is 10.7. The number of anilines is 2. The van der Waals surface area contributed by atoms with Gasteiger partial charge in [0.1, 0.15) is 0 Å². The molecule has 1 aromatic heterocycles. The molecule has 0 amide bonds. The van der Waals surface area contributed by atoms with E-state index in [1.807, 2.05) is 0 Å². The average Bonchev–Trinajstić information content (AvgIpc) is 2.11. The summed E-state index contributed by atoms with van der Waals surface area (Å²) >= 11 is 0. The van der Waals surface area contributed by atoms with Crippen molar-refractivity contribution >= 4 is 29.9 Å². The Hall–Kier alpha value is -1.87. The molecule has 0 fully saturated rings. The third-order valence-electron chi connectivity index (χ3n) is 1.78. The number of aromatic nitrogens is 2. The van der Waals surface area contributed by atoms with E-state index >= 15 is 0 Å². The van der Waals surface area contributed by atoms with Crippen LogP contribution in [0.15, 0.2) is 0 Å². The van der Waals surface area contributed by atoms with Gasteiger partial charge in [-0.1, -0.05) is 0 Å². The van der Waals surface area contributed by atoms with Crippen LogP contribution in [-0.2, 0) is 0 Å². The summed E-state index contributed by atoms with van der Waals surface area (Å²) < 4.78 is 0. The second-order valence-electron chi connectivity index (χ2n) is 4.20. The van der Waals surface area contributed by atoms with E-state index in [0.717, 1.165) is 0 Å². The van der Waals surface area contributed by atoms with Crippen LogP contribution in [0.25, 0.3) is 0 Å². The van der Waals surface area contributed by atoms with Gasteiger partial charge in [0, 0.05) is 12.1 Å². The minimum atomic E-state index is -0.791. The zero-order valence-electron chi connectivity index (χ0n) is 9.88. The predicted octanol–water partition coefficient (Wildman–Crippen LogP) is 0.244. The van der Waals surface area contributed by atoms with Gasteiger partial charge >= 0.3 is 5.69 Å². The van der Waals surface area contributed by atoms with Crippen LogP contribution >= 0.6 is 12.4 Å². The van der Waals surface area contributed by atoms with E-state index in [1.165, 1.54) is 0 Å². The fourth-order valence-corrected chi connectivity index (χ4v) is 1.06. The SMILES string of the molecule is CC(C)(N)CNc1nc(N)nc(O)c1[N+](=O)[O-].Cl. The summed E-state index contributed by atoms with van der Waals surface area (Å²) in [6, 6.07) is 0. The van der Waals surface area contributed by atoms with E-state index < -0.39 is 22.0 Å². The third-order valence-corrected chi connectivity index (χ3v) is 1.78. The molecule has 18 heavy (non-hydrogen) atoms. The van der Waals surface area contributed by atoms with Crippen LogP contribution in [0.4, 0.5) is 17.5 Å². The molecule has 0 aliphatic carbocycles. The molecule has 0 spiro atoms. The first-order chi connectivity index (χ1) is 7.70. The second-order valence-corrected chi connectivity index (χ2v) is 4.20. The highest BCUT2D eigenvalue weighted by Crippen LogP contribution is 2.31. The topological polar surface area (TPSA) is 153 Å². The smallest absolute Gasteiger partial charge is 0.372 e. The Morgan fingerprint density at radius 2 is 2.06 bits per heavy atom. The lowest BCUT2D eigenvalue weighted by atomic mass is 10.1. The van der Waals surface area contributed by atoms with Crippen molar-refractivity contribution in [3.05, 3.63) is 10.1 Å². The quantitative estimate of drug-likeness (QED) is 0.451. The minimum absolute atomic E-state index is 0. The number of hydrogen-bond acceptors (Lipinski definition) is 8. The summed E-state index contributed by atoms with van der Waals surface area (Å²) in [5, 5.41) is 22.7. The Labute approximate surface area is 109 Å². The number of halogens is 1. The summed E-state index contributed by atoms with van der Waals surface area (Å²) in [5.41, 5.74) is 9.79. The first-order valence-electron chi connectivity index (χ1n) is 4.74. The highest BCUT2D eigenvalue weighted by molar-refractivity contribution is 5.85. The normalized spacial score (nSPS) is 10.6. The zero-order chi connectivity index (χ0) is 13.2. The lowest BCUT2D eigenvalue weighted by Crippen LogP contribution is -2.39. The number of nitrogen functional groups attached to an aromatic ring is 1. The monoisotopic (exact) mass is 278 g/mol. The van der Waals surface area contributed by atoms with Crippen molar-refractivity contribution in [2.75, 3.05) is 17.6 Å². The van der Waals surface area contributed by atoms with E-state index in [9.17, 15) is 15.2 Å². The largest absolute Gasteiger partial charge is 0.488 e. The molecule has 0 aliphatic rings. The standard InChI is InChI=1S/C8H14N6O3.ClH/c1-8(2,10)3-11-5-4(14(16)17)6(15)13-7(9)12-5;/h3,10H2,1-2H3,(H4,9,11,12,13,15);1H. The van der Waals surface area contributed by atoms with Gasteiger partial charge < -0.3 is 21.9 Å². The van der Waals surface area contributed by atoms with Crippen LogP contribution in [-0.4, -0.2) is 32.1 Å². The van der Waals surface area contributed by atoms with Crippen molar-refractivity contribution in [3.63, 3.8) is 0 Å². The van der Waals surface area contributed by atoms with Crippen LogP contribution in [0.3, 0.4) is 0 Å². The Morgan fingerprint density at radius 3 is 2.50 bits per heavy atom. The van der Waals surface area contributed by atoms with Crippen molar-refractivity contribution in [1.82, 2.24) is 9.97 Å². The first kappa shape index (κ1) is 16.1. The van der Waals surface area contributed by atoms with Gasteiger partial charge in [0.25, 0.3) is 5.88 Å². The Bertz CT molecular complexity index is 447. The summed E-state index contributed by atoms with van der Waals surface area (Å²) in [6.07, 6.45) is 0. The summed E-state index contributed by atoms with van der Waals surface area (Å²) in [5.74, 6) is -1.19. The molecular formula is C8H15ClN6O3. The molecule has 1 heterocycles. The van der Waals surface area contributed by atoms with Gasteiger partial charge in [0.05, 0.1) is 4.92 Å². The Morgan fingerprint density at radius 1 is 1.50 bits per heavy atom. The second kappa shape index (κ2) is 5.65. The van der Waals surface area contributed by atoms with Crippen molar-refractivity contribution in [3.8, 4) is 5.88 Å². The molecule has 1 aromatic rings. The lowest BCUT2D eigenvalue weighted by Gasteiger charge is -2.19. The molecule has 0 unspecified atom stereocenters. The van der Waals surface area contributed by atoms with Crippen LogP contribution in [0, 0.1) is 10.1 Å². The van der Waals surface area contributed by atoms with Gasteiger partial charge in [-0.15, -0.1) is 12.4 Å². The average molecular weight is 279 g/mol. The van der Waals surface area contributed by atoms with E-state index in [1.54, 1.807) is 13.8 Å². The summed E-state index contributed by atoms with van der Waals surface area (Å²) in [4.78, 5) is 16.9. The number of nitrogens with zero attached hydrogens (tertiary/aromatic N) is 3. The minimum Gasteiger partial charge on any atom is -0.488 e. The van der Waals surface area contributed by atoms with Crippen molar-refractivity contribution in [2.45, 2.75) is 19.4 Å². The van der Waals surface area contributed by atoms with Gasteiger partial charge in [-0.25, -0.2) is 0 Å². The van der Waals surface area contributed by atoms with Gasteiger partial charge in [-0.3, -0.25) is 10.1 Å². The van der Waals surface area contributed by atoms with Gasteiger partial charge in [0.15, 0.2) is 0 Å². The highest BCUT2D eigenvalue weighted by Gasteiger charge is 2.25. The molecule has 102 valence electrons. The van der Waals surface area contributed by atoms with E-state index in [-0.39, 0.29) is 30.7 Å². The van der Waals surface area contributed by atoms with Crippen molar-refractivity contribution < 1.29 is 10.0 Å². The number of nitrogens with two attached hydrogens (primary N) is 2. The van der Waals surface area contributed by atoms with Crippen LogP contribution < -0.4 is 16.8 Å². The van der Waals surface area contributed by atoms with Crippen LogP contribution in [0.1, 0.15) is 13.8 Å². The number of nitro groups is 1. The molecule has 0 atom stereocenters. The number of rotatable bonds is 4. The van der Waals surface area contributed by atoms with Gasteiger partial charge in [-0.05, 0) is 13.8 Å². The maximum atomic E-state index is 10.7. The molecule has 0 radical (unpaired) electrons. The van der Waals surface area contributed by atoms with Crippen molar-refractivity contribution in [1.29, 1.82) is 0 Å². The molecule has 9 nitrogen and oxygen atoms in total. The summed E-state index contributed by atoms with van der Waals surface area (Å²) in [6.45, 7) is 3.69. The van der Waals surface area contributed by atoms with E-state index in [0.29, 0.717) is 0 Å². The highest BCUT2D eigenvalue weighted by atomic mass is 35.5.